The van der Waals surface area contributed by atoms with Crippen molar-refractivity contribution in [2.75, 3.05) is 6.61 Å². The van der Waals surface area contributed by atoms with Crippen LogP contribution in [0.15, 0.2) is 12.2 Å². The number of hydrogen-bond donors (Lipinski definition) is 0. The Hall–Kier alpha value is -0.897. The first-order valence-electron chi connectivity index (χ1n) is 9.31. The van der Waals surface area contributed by atoms with Crippen molar-refractivity contribution in [1.29, 1.82) is 0 Å². The molecule has 0 aliphatic heterocycles. The van der Waals surface area contributed by atoms with Gasteiger partial charge in [-0.05, 0) is 44.9 Å². The molecule has 5 nitrogen and oxygen atoms in total. The number of carboxylic acid groups (broad SMARTS) is 2. The Balaban J connectivity index is 0. The van der Waals surface area contributed by atoms with Crippen molar-refractivity contribution in [1.82, 2.24) is 0 Å². The van der Waals surface area contributed by atoms with E-state index in [0.29, 0.717) is 0 Å². The molecule has 0 saturated carbocycles. The number of hydrogen-bond acceptors (Lipinski definition) is 5. The van der Waals surface area contributed by atoms with E-state index in [1.54, 1.807) is 0 Å². The van der Waals surface area contributed by atoms with E-state index in [9.17, 15) is 19.8 Å². The monoisotopic (exact) mass is 404 g/mol. The van der Waals surface area contributed by atoms with E-state index < -0.39 is 12.1 Å². The topological polar surface area (TPSA) is 89.5 Å². The molecule has 0 amide bonds. The first kappa shape index (κ1) is 26.3. The van der Waals surface area contributed by atoms with Crippen molar-refractivity contribution < 1.29 is 44.0 Å². The molecule has 6 heteroatoms. The number of ether oxygens (including phenoxy) is 1. The average Bonchev–Trinajstić information content (AvgIpc) is 2.53. The largest absolute Gasteiger partial charge is 2.00 e. The Labute approximate surface area is 165 Å². The molecule has 0 aliphatic rings. The van der Waals surface area contributed by atoms with Gasteiger partial charge in [-0.25, -0.2) is 0 Å². The van der Waals surface area contributed by atoms with Crippen LogP contribution in [0.3, 0.4) is 0 Å². The molecule has 0 heterocycles. The van der Waals surface area contributed by atoms with Crippen molar-refractivity contribution in [3.8, 4) is 0 Å². The Morgan fingerprint density at radius 1 is 0.680 bits per heavy atom. The minimum Gasteiger partial charge on any atom is -0.550 e. The van der Waals surface area contributed by atoms with Gasteiger partial charge >= 0.3 is 19.5 Å². The summed E-state index contributed by atoms with van der Waals surface area (Å²) < 4.78 is 4.34. The van der Waals surface area contributed by atoms with E-state index in [1.165, 1.54) is 32.1 Å². The van der Waals surface area contributed by atoms with Crippen molar-refractivity contribution >= 4 is 12.1 Å². The Kier molecular flexibility index (Phi) is 22.3. The van der Waals surface area contributed by atoms with Crippen LogP contribution in [-0.4, -0.2) is 18.7 Å². The molecule has 0 spiro atoms. The van der Waals surface area contributed by atoms with Crippen LogP contribution in [0.2, 0.25) is 0 Å². The molecule has 0 rings (SSSR count). The molecule has 0 aromatic heterocycles. The van der Waals surface area contributed by atoms with Crippen LogP contribution in [-0.2, 0) is 29.0 Å². The first-order chi connectivity index (χ1) is 11.6. The van der Waals surface area contributed by atoms with Crippen LogP contribution in [0, 0.1) is 0 Å². The van der Waals surface area contributed by atoms with Gasteiger partial charge in [0.1, 0.15) is 0 Å². The normalized spacial score (nSPS) is 10.6. The average molecular weight is 406 g/mol. The summed E-state index contributed by atoms with van der Waals surface area (Å²) >= 11 is 0. The van der Waals surface area contributed by atoms with Gasteiger partial charge in [0, 0.05) is 12.6 Å². The zero-order valence-electron chi connectivity index (χ0n) is 15.5. The number of allylic oxidation sites excluding steroid dienone is 2. The van der Waals surface area contributed by atoms with E-state index in [0.717, 1.165) is 51.4 Å². The van der Waals surface area contributed by atoms with Gasteiger partial charge in [-0.1, -0.05) is 57.1 Å². The van der Waals surface area contributed by atoms with Crippen LogP contribution >= 0.6 is 0 Å². The van der Waals surface area contributed by atoms with Crippen LogP contribution in [0.4, 0.5) is 4.79 Å². The first-order valence-corrected chi connectivity index (χ1v) is 9.31. The molecule has 0 saturated heterocycles. The smallest absolute Gasteiger partial charge is 0.550 e. The standard InChI is InChI=1S/C19H34O5.Zn/c20-18(21)16-14-12-10-8-6-4-2-1-3-5-7-9-11-13-15-17-24-19(22)23;/h1-2H,3-17H2,(H,20,21)(H,22,23);/q;+2/p-2/b2-1-;. The van der Waals surface area contributed by atoms with Gasteiger partial charge < -0.3 is 24.5 Å². The van der Waals surface area contributed by atoms with E-state index in [-0.39, 0.29) is 32.5 Å². The van der Waals surface area contributed by atoms with Gasteiger partial charge in [0.15, 0.2) is 0 Å². The third-order valence-electron chi connectivity index (χ3n) is 3.90. The molecule has 0 N–H and O–H groups in total. The molecule has 25 heavy (non-hydrogen) atoms. The molecule has 0 atom stereocenters. The fourth-order valence-electron chi connectivity index (χ4n) is 2.52. The van der Waals surface area contributed by atoms with Crippen molar-refractivity contribution in [2.45, 2.75) is 89.9 Å². The zero-order valence-corrected chi connectivity index (χ0v) is 18.5. The van der Waals surface area contributed by atoms with Crippen LogP contribution in [0.25, 0.3) is 0 Å². The second-order valence-electron chi connectivity index (χ2n) is 6.16. The maximum absolute atomic E-state index is 10.2. The number of carbonyl (C=O) groups is 2. The summed E-state index contributed by atoms with van der Waals surface area (Å²) in [4.78, 5) is 20.3. The van der Waals surface area contributed by atoms with E-state index >= 15 is 0 Å². The number of unbranched alkanes of at least 4 members (excludes halogenated alkanes) is 11. The Morgan fingerprint density at radius 3 is 1.60 bits per heavy atom. The molecule has 0 bridgehead atoms. The van der Waals surface area contributed by atoms with Crippen molar-refractivity contribution in [3.63, 3.8) is 0 Å². The van der Waals surface area contributed by atoms with Gasteiger partial charge in [-0.15, -0.1) is 0 Å². The summed E-state index contributed by atoms with van der Waals surface area (Å²) in [6.07, 6.45) is 17.2. The predicted octanol–water partition coefficient (Wildman–Crippen LogP) is 3.11. The van der Waals surface area contributed by atoms with E-state index in [4.69, 9.17) is 0 Å². The van der Waals surface area contributed by atoms with Crippen molar-refractivity contribution in [2.24, 2.45) is 0 Å². The van der Waals surface area contributed by atoms with Gasteiger partial charge in [0.25, 0.3) is 6.16 Å². The number of aliphatic carboxylic acids is 1. The quantitative estimate of drug-likeness (QED) is 0.160. The minimum atomic E-state index is -1.43. The predicted molar refractivity (Wildman–Crippen MR) is 90.1 cm³/mol. The number of rotatable bonds is 17. The summed E-state index contributed by atoms with van der Waals surface area (Å²) in [5.41, 5.74) is 0. The molecule has 0 unspecified atom stereocenters. The second-order valence-corrected chi connectivity index (χ2v) is 6.16. The number of carboxylic acids is 1. The molecule has 0 aliphatic carbocycles. The molecule has 0 fully saturated rings. The molecule has 140 valence electrons. The Morgan fingerprint density at radius 2 is 1.12 bits per heavy atom. The third kappa shape index (κ3) is 25.5. The van der Waals surface area contributed by atoms with E-state index in [1.807, 2.05) is 0 Å². The third-order valence-corrected chi connectivity index (χ3v) is 3.90. The van der Waals surface area contributed by atoms with Crippen LogP contribution in [0.5, 0.6) is 0 Å². The molecular formula is C19H32O5Zn. The maximum Gasteiger partial charge on any atom is 2.00 e. The van der Waals surface area contributed by atoms with Crippen LogP contribution in [0.1, 0.15) is 89.9 Å². The zero-order chi connectivity index (χ0) is 17.9. The fourth-order valence-corrected chi connectivity index (χ4v) is 2.52. The van der Waals surface area contributed by atoms with Gasteiger partial charge in [-0.3, -0.25) is 0 Å². The molecular weight excluding hydrogens is 374 g/mol. The summed E-state index contributed by atoms with van der Waals surface area (Å²) in [5, 5.41) is 20.3. The van der Waals surface area contributed by atoms with Gasteiger partial charge in [-0.2, -0.15) is 0 Å². The maximum atomic E-state index is 10.2. The number of carbonyl (C=O) groups excluding carboxylic acids is 2. The summed E-state index contributed by atoms with van der Waals surface area (Å²) in [6, 6.07) is 0. The molecule has 0 aromatic rings. The molecule has 0 radical (unpaired) electrons. The summed E-state index contributed by atoms with van der Waals surface area (Å²) in [7, 11) is 0. The molecule has 0 aromatic carbocycles. The minimum absolute atomic E-state index is 0. The van der Waals surface area contributed by atoms with Crippen LogP contribution < -0.4 is 10.2 Å². The van der Waals surface area contributed by atoms with Gasteiger partial charge in [0.05, 0.1) is 0 Å². The summed E-state index contributed by atoms with van der Waals surface area (Å²) in [6.45, 7) is 0.252. The van der Waals surface area contributed by atoms with Crippen molar-refractivity contribution in [3.05, 3.63) is 12.2 Å². The summed E-state index contributed by atoms with van der Waals surface area (Å²) in [5.74, 6) is -0.942. The van der Waals surface area contributed by atoms with Gasteiger partial charge in [0.2, 0.25) is 0 Å². The SMILES string of the molecule is O=C([O-])CCCCCCC/C=C\CCCCCCCCOC(=O)[O-].[Zn+2]. The van der Waals surface area contributed by atoms with E-state index in [2.05, 4.69) is 16.9 Å². The Bertz CT molecular complexity index is 345. The fraction of sp³-hybridized carbons (Fsp3) is 0.789. The second kappa shape index (κ2) is 21.1.